The number of furan rings is 1. The van der Waals surface area contributed by atoms with Crippen molar-refractivity contribution >= 4 is 33.4 Å². The second-order valence-electron chi connectivity index (χ2n) is 6.24. The number of hydrogen-bond acceptors (Lipinski definition) is 5. The predicted molar refractivity (Wildman–Crippen MR) is 100 cm³/mol. The number of nitrogens with zero attached hydrogens (tertiary/aromatic N) is 2. The number of hydrogen-bond donors (Lipinski definition) is 1. The first-order valence-corrected chi connectivity index (χ1v) is 9.53. The minimum Gasteiger partial charge on any atom is -0.448 e. The lowest BCUT2D eigenvalue weighted by Crippen LogP contribution is -2.57. The van der Waals surface area contributed by atoms with E-state index in [0.717, 1.165) is 21.6 Å². The molecule has 0 spiro atoms. The van der Waals surface area contributed by atoms with Crippen LogP contribution in [0.1, 0.15) is 30.3 Å². The maximum Gasteiger partial charge on any atom is 0.290 e. The summed E-state index contributed by atoms with van der Waals surface area (Å²) in [6.07, 6.45) is 1.47. The Morgan fingerprint density at radius 1 is 1.35 bits per heavy atom. The van der Waals surface area contributed by atoms with Crippen LogP contribution in [0.5, 0.6) is 0 Å². The molecule has 1 fully saturated rings. The molecule has 1 N–H and O–H groups in total. The van der Waals surface area contributed by atoms with Crippen molar-refractivity contribution in [2.75, 3.05) is 13.1 Å². The van der Waals surface area contributed by atoms with Gasteiger partial charge in [0.15, 0.2) is 16.5 Å². The molecule has 0 aliphatic carbocycles. The molecule has 1 aromatic carbocycles. The number of amides is 2. The van der Waals surface area contributed by atoms with E-state index >= 15 is 0 Å². The highest BCUT2D eigenvalue weighted by atomic mass is 32.1. The molecule has 0 radical (unpaired) electrons. The molecule has 4 rings (SSSR count). The largest absolute Gasteiger partial charge is 0.448 e. The number of carbonyl (C=O) groups is 2. The van der Waals surface area contributed by atoms with Crippen molar-refractivity contribution in [2.24, 2.45) is 0 Å². The van der Waals surface area contributed by atoms with E-state index in [2.05, 4.69) is 10.3 Å². The molecule has 0 saturated carbocycles. The van der Waals surface area contributed by atoms with Crippen molar-refractivity contribution < 1.29 is 14.0 Å². The Hall–Kier alpha value is -2.67. The number of rotatable bonds is 4. The lowest BCUT2D eigenvalue weighted by atomic mass is 10.1. The van der Waals surface area contributed by atoms with E-state index in [0.29, 0.717) is 25.3 Å². The topological polar surface area (TPSA) is 75.4 Å². The fourth-order valence-corrected chi connectivity index (χ4v) is 4.13. The summed E-state index contributed by atoms with van der Waals surface area (Å²) in [6.45, 7) is 2.96. The number of fused-ring (bicyclic) bond motifs is 1. The van der Waals surface area contributed by atoms with Gasteiger partial charge in [-0.05, 0) is 30.7 Å². The Labute approximate surface area is 154 Å². The number of nitrogens with one attached hydrogen (secondary N) is 1. The minimum atomic E-state index is -0.433. The van der Waals surface area contributed by atoms with Gasteiger partial charge >= 0.3 is 0 Å². The van der Waals surface area contributed by atoms with E-state index in [1.165, 1.54) is 11.3 Å². The molecule has 0 bridgehead atoms. The van der Waals surface area contributed by atoms with Crippen LogP contribution >= 0.6 is 11.3 Å². The van der Waals surface area contributed by atoms with Crippen LogP contribution in [-0.2, 0) is 4.79 Å². The first kappa shape index (κ1) is 16.8. The number of carbonyl (C=O) groups excluding carboxylic acids is 2. The third kappa shape index (κ3) is 2.99. The summed E-state index contributed by atoms with van der Waals surface area (Å²) in [5.41, 5.74) is 0.910. The standard InChI is InChI=1S/C19H19N3O3S/c1-2-5-13-17(23)20-10-11-22(13)19(24)15-9-8-14(25-15)18-21-12-6-3-4-7-16(12)26-18/h3-4,6-9,13H,2,5,10-11H2,1H3,(H,20,23)/t13-/m1/s1. The molecule has 1 aliphatic rings. The van der Waals surface area contributed by atoms with Crippen LogP contribution < -0.4 is 5.32 Å². The molecule has 7 heteroatoms. The number of para-hydroxylation sites is 1. The quantitative estimate of drug-likeness (QED) is 0.766. The van der Waals surface area contributed by atoms with Gasteiger partial charge in [0, 0.05) is 13.1 Å². The SMILES string of the molecule is CCC[C@@H]1C(=O)NCCN1C(=O)c1ccc(-c2nc3ccccc3s2)o1. The van der Waals surface area contributed by atoms with Crippen LogP contribution in [0, 0.1) is 0 Å². The second kappa shape index (κ2) is 6.92. The zero-order valence-electron chi connectivity index (χ0n) is 14.4. The van der Waals surface area contributed by atoms with E-state index in [1.807, 2.05) is 31.2 Å². The number of aromatic nitrogens is 1. The molecule has 6 nitrogen and oxygen atoms in total. The minimum absolute atomic E-state index is 0.0931. The Balaban J connectivity index is 1.60. The molecule has 0 unspecified atom stereocenters. The molecule has 1 aliphatic heterocycles. The molecule has 134 valence electrons. The van der Waals surface area contributed by atoms with Gasteiger partial charge in [-0.15, -0.1) is 11.3 Å². The van der Waals surface area contributed by atoms with Crippen LogP contribution in [0.2, 0.25) is 0 Å². The number of piperazine rings is 1. The third-order valence-corrected chi connectivity index (χ3v) is 5.53. The van der Waals surface area contributed by atoms with Crippen molar-refractivity contribution in [1.29, 1.82) is 0 Å². The Kier molecular flexibility index (Phi) is 4.46. The van der Waals surface area contributed by atoms with Crippen LogP contribution in [0.15, 0.2) is 40.8 Å². The van der Waals surface area contributed by atoms with Gasteiger partial charge < -0.3 is 14.6 Å². The Bertz CT molecular complexity index is 929. The zero-order valence-corrected chi connectivity index (χ0v) is 15.2. The van der Waals surface area contributed by atoms with Gasteiger partial charge in [0.1, 0.15) is 6.04 Å². The first-order valence-electron chi connectivity index (χ1n) is 8.72. The fraction of sp³-hybridized carbons (Fsp3) is 0.316. The average molecular weight is 369 g/mol. The highest BCUT2D eigenvalue weighted by Crippen LogP contribution is 2.31. The average Bonchev–Trinajstić information content (AvgIpc) is 3.29. The van der Waals surface area contributed by atoms with Crippen molar-refractivity contribution in [3.63, 3.8) is 0 Å². The molecule has 3 aromatic rings. The monoisotopic (exact) mass is 369 g/mol. The molecular weight excluding hydrogens is 350 g/mol. The van der Waals surface area contributed by atoms with Crippen LogP contribution in [0.25, 0.3) is 21.0 Å². The summed E-state index contributed by atoms with van der Waals surface area (Å²) in [7, 11) is 0. The predicted octanol–water partition coefficient (Wildman–Crippen LogP) is 3.30. The van der Waals surface area contributed by atoms with Gasteiger partial charge in [-0.2, -0.15) is 0 Å². The van der Waals surface area contributed by atoms with Gasteiger partial charge in [0.25, 0.3) is 5.91 Å². The summed E-state index contributed by atoms with van der Waals surface area (Å²) < 4.78 is 6.87. The summed E-state index contributed by atoms with van der Waals surface area (Å²) in [4.78, 5) is 31.2. The normalized spacial score (nSPS) is 17.5. The summed E-state index contributed by atoms with van der Waals surface area (Å²) in [6, 6.07) is 10.9. The zero-order chi connectivity index (χ0) is 18.1. The summed E-state index contributed by atoms with van der Waals surface area (Å²) >= 11 is 1.53. The Morgan fingerprint density at radius 3 is 3.00 bits per heavy atom. The van der Waals surface area contributed by atoms with Crippen LogP contribution in [0.4, 0.5) is 0 Å². The van der Waals surface area contributed by atoms with Crippen molar-refractivity contribution in [3.8, 4) is 10.8 Å². The third-order valence-electron chi connectivity index (χ3n) is 4.48. The maximum absolute atomic E-state index is 12.9. The van der Waals surface area contributed by atoms with Crippen molar-refractivity contribution in [2.45, 2.75) is 25.8 Å². The molecule has 1 saturated heterocycles. The maximum atomic E-state index is 12.9. The van der Waals surface area contributed by atoms with Crippen molar-refractivity contribution in [3.05, 3.63) is 42.2 Å². The number of benzene rings is 1. The van der Waals surface area contributed by atoms with Crippen LogP contribution in [-0.4, -0.2) is 40.8 Å². The van der Waals surface area contributed by atoms with Crippen LogP contribution in [0.3, 0.4) is 0 Å². The molecular formula is C19H19N3O3S. The molecule has 3 heterocycles. The van der Waals surface area contributed by atoms with Crippen molar-refractivity contribution in [1.82, 2.24) is 15.2 Å². The lowest BCUT2D eigenvalue weighted by molar-refractivity contribution is -0.128. The highest BCUT2D eigenvalue weighted by Gasteiger charge is 2.34. The van der Waals surface area contributed by atoms with Gasteiger partial charge in [-0.3, -0.25) is 9.59 Å². The Morgan fingerprint density at radius 2 is 2.19 bits per heavy atom. The molecule has 2 aromatic heterocycles. The second-order valence-corrected chi connectivity index (χ2v) is 7.28. The fourth-order valence-electron chi connectivity index (χ4n) is 3.21. The number of thiazole rings is 1. The van der Waals surface area contributed by atoms with E-state index in [4.69, 9.17) is 4.42 Å². The lowest BCUT2D eigenvalue weighted by Gasteiger charge is -2.34. The van der Waals surface area contributed by atoms with E-state index < -0.39 is 6.04 Å². The van der Waals surface area contributed by atoms with Gasteiger partial charge in [0.2, 0.25) is 5.91 Å². The summed E-state index contributed by atoms with van der Waals surface area (Å²) in [5, 5.41) is 3.57. The van der Waals surface area contributed by atoms with Gasteiger partial charge in [0.05, 0.1) is 10.2 Å². The summed E-state index contributed by atoms with van der Waals surface area (Å²) in [5.74, 6) is 0.480. The highest BCUT2D eigenvalue weighted by molar-refractivity contribution is 7.21. The first-order chi connectivity index (χ1) is 12.7. The van der Waals surface area contributed by atoms with E-state index in [9.17, 15) is 9.59 Å². The molecule has 2 amide bonds. The van der Waals surface area contributed by atoms with Gasteiger partial charge in [-0.25, -0.2) is 4.98 Å². The van der Waals surface area contributed by atoms with Gasteiger partial charge in [-0.1, -0.05) is 25.5 Å². The van der Waals surface area contributed by atoms with E-state index in [1.54, 1.807) is 17.0 Å². The van der Waals surface area contributed by atoms with E-state index in [-0.39, 0.29) is 17.6 Å². The molecule has 1 atom stereocenters. The molecule has 26 heavy (non-hydrogen) atoms. The smallest absolute Gasteiger partial charge is 0.290 e.